The van der Waals surface area contributed by atoms with Crippen molar-refractivity contribution in [2.24, 2.45) is 11.7 Å². The molecule has 0 spiro atoms. The summed E-state index contributed by atoms with van der Waals surface area (Å²) in [6, 6.07) is 25.0. The van der Waals surface area contributed by atoms with E-state index < -0.39 is 35.5 Å². The number of likely N-dealkylation sites (N-methyl/N-ethyl adjacent to an activating group) is 2. The topological polar surface area (TPSA) is 95.7 Å². The molecule has 7 nitrogen and oxygen atoms in total. The number of carbonyl (C=O) groups is 3. The Labute approximate surface area is 293 Å². The van der Waals surface area contributed by atoms with Crippen molar-refractivity contribution >= 4 is 28.5 Å². The first-order chi connectivity index (χ1) is 24.1. The van der Waals surface area contributed by atoms with E-state index in [4.69, 9.17) is 5.73 Å². The molecule has 1 saturated carbocycles. The first kappa shape index (κ1) is 36.4. The van der Waals surface area contributed by atoms with E-state index in [2.05, 4.69) is 5.32 Å². The molecule has 2 unspecified atom stereocenters. The lowest BCUT2D eigenvalue weighted by molar-refractivity contribution is -0.146. The third-order valence-corrected chi connectivity index (χ3v) is 9.85. The van der Waals surface area contributed by atoms with Gasteiger partial charge in [0.25, 0.3) is 0 Å². The number of nitrogens with two attached hydrogens (primary N) is 1. The Bertz CT molecular complexity index is 1810. The molecule has 262 valence electrons. The molecule has 1 fully saturated rings. The van der Waals surface area contributed by atoms with Crippen LogP contribution < -0.4 is 11.1 Å². The van der Waals surface area contributed by atoms with Gasteiger partial charge in [0, 0.05) is 39.5 Å². The normalized spacial score (nSPS) is 17.1. The highest BCUT2D eigenvalue weighted by Gasteiger charge is 2.35. The fourth-order valence-corrected chi connectivity index (χ4v) is 6.73. The number of amides is 3. The number of allylic oxidation sites excluding steroid dienone is 1. The van der Waals surface area contributed by atoms with Crippen LogP contribution in [0.4, 0.5) is 8.78 Å². The van der Waals surface area contributed by atoms with Crippen molar-refractivity contribution in [2.75, 3.05) is 20.6 Å². The Morgan fingerprint density at radius 1 is 0.800 bits per heavy atom. The van der Waals surface area contributed by atoms with E-state index in [1.165, 1.54) is 29.0 Å². The molecule has 0 saturated heterocycles. The summed E-state index contributed by atoms with van der Waals surface area (Å²) in [4.78, 5) is 44.6. The minimum Gasteiger partial charge on any atom is -0.354 e. The third kappa shape index (κ3) is 9.41. The van der Waals surface area contributed by atoms with Crippen LogP contribution in [-0.2, 0) is 33.6 Å². The molecule has 1 aliphatic rings. The van der Waals surface area contributed by atoms with Crippen molar-refractivity contribution in [3.8, 4) is 0 Å². The zero-order chi connectivity index (χ0) is 35.6. The van der Waals surface area contributed by atoms with Crippen molar-refractivity contribution in [1.29, 1.82) is 0 Å². The molecule has 0 aliphatic heterocycles. The van der Waals surface area contributed by atoms with Gasteiger partial charge in [-0.3, -0.25) is 14.4 Å². The maximum absolute atomic E-state index is 14.5. The van der Waals surface area contributed by atoms with Gasteiger partial charge in [-0.1, -0.05) is 91.4 Å². The number of fused-ring (bicyclic) bond motifs is 1. The maximum Gasteiger partial charge on any atom is 0.246 e. The van der Waals surface area contributed by atoms with Gasteiger partial charge in [-0.15, -0.1) is 0 Å². The van der Waals surface area contributed by atoms with Gasteiger partial charge in [-0.05, 0) is 77.3 Å². The third-order valence-electron chi connectivity index (χ3n) is 9.85. The molecule has 9 heteroatoms. The second kappa shape index (κ2) is 17.2. The van der Waals surface area contributed by atoms with Crippen LogP contribution in [0.2, 0.25) is 0 Å². The van der Waals surface area contributed by atoms with E-state index in [1.807, 2.05) is 78.9 Å². The zero-order valence-electron chi connectivity index (χ0n) is 28.7. The van der Waals surface area contributed by atoms with Crippen LogP contribution in [0.1, 0.15) is 42.4 Å². The second-order valence-electron chi connectivity index (χ2n) is 13.3. The van der Waals surface area contributed by atoms with Gasteiger partial charge in [-0.2, -0.15) is 0 Å². The monoisotopic (exact) mass is 680 g/mol. The van der Waals surface area contributed by atoms with E-state index in [-0.39, 0.29) is 24.8 Å². The molecule has 0 bridgehead atoms. The fourth-order valence-electron chi connectivity index (χ4n) is 6.73. The van der Waals surface area contributed by atoms with Crippen molar-refractivity contribution in [2.45, 2.75) is 63.1 Å². The van der Waals surface area contributed by atoms with Gasteiger partial charge in [0.15, 0.2) is 11.6 Å². The number of nitrogens with zero attached hydrogens (tertiary/aromatic N) is 2. The van der Waals surface area contributed by atoms with Crippen LogP contribution in [0.25, 0.3) is 10.8 Å². The first-order valence-corrected chi connectivity index (χ1v) is 17.3. The van der Waals surface area contributed by atoms with Crippen LogP contribution >= 0.6 is 0 Å². The average Bonchev–Trinajstić information content (AvgIpc) is 3.54. The summed E-state index contributed by atoms with van der Waals surface area (Å²) in [6.07, 6.45) is 7.81. The average molecular weight is 681 g/mol. The Kier molecular flexibility index (Phi) is 12.5. The van der Waals surface area contributed by atoms with Gasteiger partial charge < -0.3 is 20.9 Å². The van der Waals surface area contributed by atoms with Gasteiger partial charge in [0.2, 0.25) is 17.7 Å². The van der Waals surface area contributed by atoms with Crippen molar-refractivity contribution < 1.29 is 23.2 Å². The van der Waals surface area contributed by atoms with E-state index in [9.17, 15) is 23.2 Å². The van der Waals surface area contributed by atoms with Crippen LogP contribution in [0.3, 0.4) is 0 Å². The molecule has 4 aromatic carbocycles. The molecule has 0 heterocycles. The fraction of sp³-hybridized carbons (Fsp3) is 0.341. The summed E-state index contributed by atoms with van der Waals surface area (Å²) in [5.74, 6) is -2.94. The largest absolute Gasteiger partial charge is 0.354 e. The number of hydrogen-bond donors (Lipinski definition) is 2. The lowest BCUT2D eigenvalue weighted by Gasteiger charge is -2.34. The molecule has 3 N–H and O–H groups in total. The molecule has 3 amide bonds. The number of hydrogen-bond acceptors (Lipinski definition) is 4. The number of carbonyl (C=O) groups excluding carboxylic acids is 3. The zero-order valence-corrected chi connectivity index (χ0v) is 28.7. The SMILES string of the molecule is CN(C(=O)/C=C/CC1CCCC1N)[C@H](Cc1ccc2ccccc2c1)C(=O)N(C)[C@H](Cc1ccc(F)c(F)c1)C(=O)NCCc1ccccc1. The lowest BCUT2D eigenvalue weighted by Crippen LogP contribution is -2.56. The Morgan fingerprint density at radius 3 is 2.20 bits per heavy atom. The summed E-state index contributed by atoms with van der Waals surface area (Å²) in [5.41, 5.74) is 8.47. The summed E-state index contributed by atoms with van der Waals surface area (Å²) >= 11 is 0. The minimum absolute atomic E-state index is 0.0570. The van der Waals surface area contributed by atoms with E-state index >= 15 is 0 Å². The van der Waals surface area contributed by atoms with E-state index in [1.54, 1.807) is 7.05 Å². The van der Waals surface area contributed by atoms with Crippen LogP contribution in [0.15, 0.2) is 103 Å². The van der Waals surface area contributed by atoms with Crippen molar-refractivity contribution in [3.05, 3.63) is 131 Å². The lowest BCUT2D eigenvalue weighted by atomic mass is 9.98. The van der Waals surface area contributed by atoms with Gasteiger partial charge in [0.05, 0.1) is 0 Å². The molecule has 0 radical (unpaired) electrons. The smallest absolute Gasteiger partial charge is 0.246 e. The molecule has 1 aliphatic carbocycles. The predicted molar refractivity (Wildman–Crippen MR) is 193 cm³/mol. The molecule has 50 heavy (non-hydrogen) atoms. The van der Waals surface area contributed by atoms with Gasteiger partial charge >= 0.3 is 0 Å². The maximum atomic E-state index is 14.5. The molecular formula is C41H46F2N4O3. The second-order valence-corrected chi connectivity index (χ2v) is 13.3. The van der Waals surface area contributed by atoms with Crippen LogP contribution in [-0.4, -0.2) is 66.3 Å². The summed E-state index contributed by atoms with van der Waals surface area (Å²) in [6.45, 7) is 0.313. The quantitative estimate of drug-likeness (QED) is 0.160. The Morgan fingerprint density at radius 2 is 1.48 bits per heavy atom. The molecule has 5 rings (SSSR count). The number of halogens is 2. The van der Waals surface area contributed by atoms with Crippen molar-refractivity contribution in [3.63, 3.8) is 0 Å². The Hall–Kier alpha value is -4.89. The van der Waals surface area contributed by atoms with Crippen molar-refractivity contribution in [1.82, 2.24) is 15.1 Å². The minimum atomic E-state index is -1.06. The van der Waals surface area contributed by atoms with E-state index in [0.29, 0.717) is 30.9 Å². The number of benzene rings is 4. The number of nitrogens with one attached hydrogen (secondary N) is 1. The Balaban J connectivity index is 1.40. The summed E-state index contributed by atoms with van der Waals surface area (Å²) < 4.78 is 28.1. The molecule has 4 atom stereocenters. The van der Waals surface area contributed by atoms with Crippen LogP contribution in [0.5, 0.6) is 0 Å². The molecular weight excluding hydrogens is 634 g/mol. The standard InChI is InChI=1S/C41H46F2N4O3/c1-46(39(48)17-9-15-32-14-8-16-36(32)44)38(27-29-18-20-31-12-6-7-13-33(31)24-29)41(50)47(2)37(26-30-19-21-34(42)35(43)25-30)40(49)45-23-22-28-10-4-3-5-11-28/h3-7,9-13,17-21,24-25,32,36-38H,8,14-16,22-23,26-27,44H2,1-2H3,(H,45,49)/b17-9+/t32?,36?,37-,38-/m1/s1. The molecule has 0 aromatic heterocycles. The summed E-state index contributed by atoms with van der Waals surface area (Å²) in [5, 5.41) is 4.98. The van der Waals surface area contributed by atoms with E-state index in [0.717, 1.165) is 53.3 Å². The molecule has 4 aromatic rings. The highest BCUT2D eigenvalue weighted by molar-refractivity contribution is 5.95. The summed E-state index contributed by atoms with van der Waals surface area (Å²) in [7, 11) is 3.11. The van der Waals surface area contributed by atoms with Crippen LogP contribution in [0, 0.1) is 17.6 Å². The van der Waals surface area contributed by atoms with Gasteiger partial charge in [0.1, 0.15) is 12.1 Å². The van der Waals surface area contributed by atoms with Gasteiger partial charge in [-0.25, -0.2) is 8.78 Å². The number of rotatable bonds is 14. The highest BCUT2D eigenvalue weighted by Crippen LogP contribution is 2.27. The highest BCUT2D eigenvalue weighted by atomic mass is 19.2. The first-order valence-electron chi connectivity index (χ1n) is 17.3. The predicted octanol–water partition coefficient (Wildman–Crippen LogP) is 5.99.